The number of hydrogen-bond donors (Lipinski definition) is 2. The van der Waals surface area contributed by atoms with Crippen LogP contribution in [0.3, 0.4) is 0 Å². The summed E-state index contributed by atoms with van der Waals surface area (Å²) in [6.45, 7) is 7.23. The largest absolute Gasteiger partial charge is 0.345 e. The van der Waals surface area contributed by atoms with Gasteiger partial charge < -0.3 is 10.6 Å². The molecule has 36 heavy (non-hydrogen) atoms. The number of ketones is 1. The molecule has 2 aromatic heterocycles. The molecule has 4 rings (SSSR count). The third kappa shape index (κ3) is 8.73. The third-order valence-electron chi connectivity index (χ3n) is 5.06. The lowest BCUT2D eigenvalue weighted by Crippen LogP contribution is -2.46. The van der Waals surface area contributed by atoms with Gasteiger partial charge in [-0.3, -0.25) is 14.4 Å². The van der Waals surface area contributed by atoms with Crippen molar-refractivity contribution in [3.8, 4) is 0 Å². The predicted octanol–water partition coefficient (Wildman–Crippen LogP) is 3.88. The number of Topliss-reactive ketones (excluding diaryl/α,β-unsaturated/α-hetero) is 1. The Morgan fingerprint density at radius 1 is 1.08 bits per heavy atom. The van der Waals surface area contributed by atoms with Crippen LogP contribution in [-0.2, 0) is 9.59 Å². The third-order valence-corrected chi connectivity index (χ3v) is 6.06. The zero-order valence-electron chi connectivity index (χ0n) is 20.9. The summed E-state index contributed by atoms with van der Waals surface area (Å²) in [6.07, 6.45) is 3.04. The minimum absolute atomic E-state index is 0.0539. The van der Waals surface area contributed by atoms with Crippen LogP contribution in [0, 0.1) is 5.92 Å². The molecule has 1 saturated heterocycles. The summed E-state index contributed by atoms with van der Waals surface area (Å²) in [4.78, 5) is 46.0. The van der Waals surface area contributed by atoms with Gasteiger partial charge in [0.15, 0.2) is 5.78 Å². The molecule has 1 aliphatic heterocycles. The molecule has 2 N–H and O–H groups in total. The van der Waals surface area contributed by atoms with E-state index in [1.807, 2.05) is 52.8 Å². The molecule has 9 heteroatoms. The Morgan fingerprint density at radius 2 is 1.83 bits per heavy atom. The summed E-state index contributed by atoms with van der Waals surface area (Å²) in [6, 6.07) is 16.0. The van der Waals surface area contributed by atoms with Gasteiger partial charge >= 0.3 is 0 Å². The zero-order chi connectivity index (χ0) is 25.9. The van der Waals surface area contributed by atoms with Crippen molar-refractivity contribution >= 4 is 40.4 Å². The lowest BCUT2D eigenvalue weighted by atomic mass is 10.1. The summed E-state index contributed by atoms with van der Waals surface area (Å²) in [5.74, 6) is -0.0545. The Bertz CT molecular complexity index is 1170. The van der Waals surface area contributed by atoms with Gasteiger partial charge in [0.2, 0.25) is 5.91 Å². The fourth-order valence-corrected chi connectivity index (χ4v) is 4.37. The first-order chi connectivity index (χ1) is 17.3. The van der Waals surface area contributed by atoms with Crippen LogP contribution in [0.1, 0.15) is 44.1 Å². The maximum atomic E-state index is 12.6. The van der Waals surface area contributed by atoms with Crippen molar-refractivity contribution < 1.29 is 14.4 Å². The number of rotatable bonds is 6. The van der Waals surface area contributed by atoms with Gasteiger partial charge in [0, 0.05) is 18.1 Å². The molecule has 3 aromatic rings. The number of carbonyl (C=O) groups excluding carboxylic acids is 3. The lowest BCUT2D eigenvalue weighted by Gasteiger charge is -2.18. The monoisotopic (exact) mass is 507 g/mol. The van der Waals surface area contributed by atoms with E-state index in [0.29, 0.717) is 11.9 Å². The van der Waals surface area contributed by atoms with Crippen LogP contribution < -0.4 is 10.6 Å². The SMILES string of the molecule is CC(C)C.O=C(CNC(=O)c1ccc2ccccc2n1)N[C@@H]1CCCN(Sc2ccccn2)CC1=O. The second-order valence-electron chi connectivity index (χ2n) is 9.16. The number of nitrogens with one attached hydrogen (secondary N) is 2. The Kier molecular flexibility index (Phi) is 10.4. The highest BCUT2D eigenvalue weighted by atomic mass is 32.2. The Balaban J connectivity index is 0.000000840. The number of fused-ring (bicyclic) bond motifs is 1. The van der Waals surface area contributed by atoms with Gasteiger partial charge in [0.1, 0.15) is 10.7 Å². The molecule has 0 spiro atoms. The summed E-state index contributed by atoms with van der Waals surface area (Å²) >= 11 is 1.44. The van der Waals surface area contributed by atoms with E-state index >= 15 is 0 Å². The predicted molar refractivity (Wildman–Crippen MR) is 142 cm³/mol. The number of amides is 2. The number of carbonyl (C=O) groups is 3. The van der Waals surface area contributed by atoms with Crippen LogP contribution in [0.15, 0.2) is 65.8 Å². The number of hydrogen-bond acceptors (Lipinski definition) is 7. The van der Waals surface area contributed by atoms with Crippen LogP contribution in [0.5, 0.6) is 0 Å². The van der Waals surface area contributed by atoms with Crippen molar-refractivity contribution in [2.45, 2.75) is 44.7 Å². The highest BCUT2D eigenvalue weighted by Crippen LogP contribution is 2.23. The van der Waals surface area contributed by atoms with E-state index in [0.717, 1.165) is 29.3 Å². The Hall–Kier alpha value is -3.30. The van der Waals surface area contributed by atoms with Gasteiger partial charge in [-0.05, 0) is 55.0 Å². The van der Waals surface area contributed by atoms with Gasteiger partial charge in [0.05, 0.1) is 24.6 Å². The highest BCUT2D eigenvalue weighted by Gasteiger charge is 2.27. The van der Waals surface area contributed by atoms with Gasteiger partial charge in [-0.15, -0.1) is 0 Å². The molecule has 190 valence electrons. The van der Waals surface area contributed by atoms with E-state index in [1.165, 1.54) is 11.9 Å². The molecule has 1 fully saturated rings. The summed E-state index contributed by atoms with van der Waals surface area (Å²) < 4.78 is 1.96. The Morgan fingerprint density at radius 3 is 2.58 bits per heavy atom. The van der Waals surface area contributed by atoms with E-state index in [4.69, 9.17) is 0 Å². The first kappa shape index (κ1) is 27.3. The van der Waals surface area contributed by atoms with Crippen molar-refractivity contribution in [3.05, 3.63) is 66.5 Å². The quantitative estimate of drug-likeness (QED) is 0.488. The number of aromatic nitrogens is 2. The molecular weight excluding hydrogens is 474 g/mol. The molecule has 0 radical (unpaired) electrons. The maximum absolute atomic E-state index is 12.6. The number of para-hydroxylation sites is 1. The smallest absolute Gasteiger partial charge is 0.270 e. The van der Waals surface area contributed by atoms with Gasteiger partial charge in [-0.25, -0.2) is 14.3 Å². The molecule has 1 aromatic carbocycles. The molecule has 0 aliphatic carbocycles. The van der Waals surface area contributed by atoms with Gasteiger partial charge in [0.25, 0.3) is 5.91 Å². The van der Waals surface area contributed by atoms with E-state index in [1.54, 1.807) is 12.3 Å². The van der Waals surface area contributed by atoms with Crippen LogP contribution >= 0.6 is 11.9 Å². The standard InChI is InChI=1S/C23H23N5O3S.C4H10/c29-20-15-28(32-22-9-3-4-12-24-22)13-5-8-18(20)27-21(30)14-25-23(31)19-11-10-16-6-1-2-7-17(16)26-19;1-4(2)3/h1-4,6-7,9-12,18H,5,8,13-15H2,(H,25,31)(H,27,30);4H,1-3H3/t18-;/m1./s1. The number of nitrogens with zero attached hydrogens (tertiary/aromatic N) is 3. The van der Waals surface area contributed by atoms with E-state index in [2.05, 4.69) is 41.4 Å². The molecule has 2 amide bonds. The van der Waals surface area contributed by atoms with Crippen molar-refractivity contribution in [2.24, 2.45) is 5.92 Å². The topological polar surface area (TPSA) is 104 Å². The van der Waals surface area contributed by atoms with E-state index in [-0.39, 0.29) is 24.6 Å². The van der Waals surface area contributed by atoms with Crippen molar-refractivity contribution in [1.29, 1.82) is 0 Å². The lowest BCUT2D eigenvalue weighted by molar-refractivity contribution is -0.127. The zero-order valence-corrected chi connectivity index (χ0v) is 21.8. The summed E-state index contributed by atoms with van der Waals surface area (Å²) in [5.41, 5.74) is 0.950. The van der Waals surface area contributed by atoms with Crippen LogP contribution in [0.25, 0.3) is 10.9 Å². The Labute approximate surface area is 216 Å². The minimum Gasteiger partial charge on any atom is -0.345 e. The van der Waals surface area contributed by atoms with Crippen LogP contribution in [-0.4, -0.2) is 57.5 Å². The molecule has 0 bridgehead atoms. The number of pyridine rings is 2. The summed E-state index contributed by atoms with van der Waals surface area (Å²) in [7, 11) is 0. The minimum atomic E-state index is -0.562. The van der Waals surface area contributed by atoms with Crippen molar-refractivity contribution in [2.75, 3.05) is 19.6 Å². The highest BCUT2D eigenvalue weighted by molar-refractivity contribution is 7.97. The van der Waals surface area contributed by atoms with Crippen molar-refractivity contribution in [3.63, 3.8) is 0 Å². The van der Waals surface area contributed by atoms with Gasteiger partial charge in [-0.2, -0.15) is 0 Å². The average Bonchev–Trinajstić information content (AvgIpc) is 3.03. The second kappa shape index (κ2) is 13.7. The molecule has 0 saturated carbocycles. The van der Waals surface area contributed by atoms with Crippen LogP contribution in [0.2, 0.25) is 0 Å². The molecule has 8 nitrogen and oxygen atoms in total. The molecule has 1 aliphatic rings. The van der Waals surface area contributed by atoms with Crippen molar-refractivity contribution in [1.82, 2.24) is 24.9 Å². The molecule has 1 atom stereocenters. The first-order valence-electron chi connectivity index (χ1n) is 12.1. The fourth-order valence-electron chi connectivity index (χ4n) is 3.45. The van der Waals surface area contributed by atoms with Gasteiger partial charge in [-0.1, -0.05) is 51.1 Å². The first-order valence-corrected chi connectivity index (χ1v) is 12.9. The molecular formula is C27H33N5O3S. The second-order valence-corrected chi connectivity index (χ2v) is 10.3. The molecule has 3 heterocycles. The van der Waals surface area contributed by atoms with E-state index in [9.17, 15) is 14.4 Å². The normalized spacial score (nSPS) is 16.1. The summed E-state index contributed by atoms with van der Waals surface area (Å²) in [5, 5.41) is 7.09. The maximum Gasteiger partial charge on any atom is 0.270 e. The molecule has 0 unspecified atom stereocenters. The van der Waals surface area contributed by atoms with Crippen LogP contribution in [0.4, 0.5) is 0 Å². The number of benzene rings is 1. The van der Waals surface area contributed by atoms with E-state index < -0.39 is 17.9 Å². The average molecular weight is 508 g/mol. The fraction of sp³-hybridized carbons (Fsp3) is 0.370.